The van der Waals surface area contributed by atoms with E-state index in [0.29, 0.717) is 6.42 Å². The number of halogens is 2. The third-order valence-electron chi connectivity index (χ3n) is 6.94. The van der Waals surface area contributed by atoms with Crippen molar-refractivity contribution >= 4 is 34.5 Å². The third-order valence-corrected chi connectivity index (χ3v) is 8.42. The van der Waals surface area contributed by atoms with Crippen LogP contribution in [0.3, 0.4) is 0 Å². The van der Waals surface area contributed by atoms with E-state index in [0.717, 1.165) is 70.6 Å². The maximum Gasteiger partial charge on any atom is 0.119 e. The monoisotopic (exact) mass is 523 g/mol. The average molecular weight is 524 g/mol. The number of phenols is 1. The summed E-state index contributed by atoms with van der Waals surface area (Å²) in [6.45, 7) is 4.38. The first kappa shape index (κ1) is 25.2. The maximum absolute atomic E-state index is 12.5. The van der Waals surface area contributed by atoms with Gasteiger partial charge >= 0.3 is 0 Å². The highest BCUT2D eigenvalue weighted by atomic mass is 35.5. The lowest BCUT2D eigenvalue weighted by Gasteiger charge is -2.18. The molecule has 188 valence electrons. The van der Waals surface area contributed by atoms with Gasteiger partial charge in [0.25, 0.3) is 0 Å². The van der Waals surface area contributed by atoms with E-state index < -0.39 is 0 Å². The van der Waals surface area contributed by atoms with Crippen molar-refractivity contribution in [2.45, 2.75) is 37.2 Å². The van der Waals surface area contributed by atoms with Crippen molar-refractivity contribution < 1.29 is 14.2 Å². The van der Waals surface area contributed by atoms with Crippen LogP contribution in [0, 0.1) is 6.92 Å². The molecule has 0 amide bonds. The van der Waals surface area contributed by atoms with Gasteiger partial charge in [-0.2, -0.15) is 0 Å². The molecule has 1 saturated heterocycles. The Morgan fingerprint density at radius 2 is 1.89 bits per heavy atom. The molecule has 2 heterocycles. The minimum Gasteiger partial charge on any atom is -0.508 e. The van der Waals surface area contributed by atoms with E-state index in [1.165, 1.54) is 16.7 Å². The fourth-order valence-electron chi connectivity index (χ4n) is 5.11. The number of aromatic hydroxyl groups is 1. The number of thioether (sulfide) groups is 1. The van der Waals surface area contributed by atoms with Crippen LogP contribution in [0.1, 0.15) is 41.5 Å². The second-order valence-electron chi connectivity index (χ2n) is 9.49. The molecule has 3 nitrogen and oxygen atoms in total. The van der Waals surface area contributed by atoms with Crippen LogP contribution in [-0.2, 0) is 0 Å². The normalized spacial score (nSPS) is 18.2. The molecule has 5 rings (SSSR count). The Balaban J connectivity index is 1.48. The first-order chi connectivity index (χ1) is 17.5. The molecule has 36 heavy (non-hydrogen) atoms. The van der Waals surface area contributed by atoms with Gasteiger partial charge in [-0.1, -0.05) is 35.9 Å². The molecule has 0 radical (unpaired) electrons. The van der Waals surface area contributed by atoms with E-state index in [1.54, 1.807) is 17.8 Å². The highest BCUT2D eigenvalue weighted by molar-refractivity contribution is 7.99. The van der Waals surface area contributed by atoms with E-state index >= 15 is 0 Å². The summed E-state index contributed by atoms with van der Waals surface area (Å²) in [6, 6.07) is 20.3. The van der Waals surface area contributed by atoms with Crippen LogP contribution in [0.15, 0.2) is 65.6 Å². The molecule has 1 N–H and O–H groups in total. The molecule has 0 unspecified atom stereocenters. The number of hydrogen-bond donors (Lipinski definition) is 1. The van der Waals surface area contributed by atoms with Crippen molar-refractivity contribution in [2.24, 2.45) is 0 Å². The van der Waals surface area contributed by atoms with Gasteiger partial charge in [0.05, 0.1) is 6.67 Å². The minimum atomic E-state index is -0.266. The number of rotatable bonds is 7. The zero-order valence-electron chi connectivity index (χ0n) is 20.5. The van der Waals surface area contributed by atoms with Crippen molar-refractivity contribution in [1.29, 1.82) is 0 Å². The molecular weight excluding hydrogens is 493 g/mol. The van der Waals surface area contributed by atoms with Gasteiger partial charge in [-0.15, -0.1) is 11.8 Å². The molecule has 2 aliphatic heterocycles. The number of alkyl halides is 1. The summed E-state index contributed by atoms with van der Waals surface area (Å²) in [4.78, 5) is 3.37. The summed E-state index contributed by atoms with van der Waals surface area (Å²) in [5.74, 6) is 2.07. The summed E-state index contributed by atoms with van der Waals surface area (Å²) in [5, 5.41) is 10.9. The number of aryl methyl sites for hydroxylation is 1. The molecule has 3 aromatic rings. The van der Waals surface area contributed by atoms with Crippen LogP contribution < -0.4 is 4.74 Å². The lowest BCUT2D eigenvalue weighted by molar-refractivity contribution is 0.198. The SMILES string of the molecule is Cc1cc(C2=C(c3ccc(O[C@H]4CCN(CCCF)C4)cc3)c3ccc(O)cc3SCC2)ccc1Cl. The number of nitrogens with zero attached hydrogens (tertiary/aromatic N) is 1. The zero-order valence-corrected chi connectivity index (χ0v) is 22.0. The Morgan fingerprint density at radius 3 is 2.67 bits per heavy atom. The summed E-state index contributed by atoms with van der Waals surface area (Å²) in [7, 11) is 0. The largest absolute Gasteiger partial charge is 0.508 e. The van der Waals surface area contributed by atoms with Gasteiger partial charge in [0.2, 0.25) is 0 Å². The fourth-order valence-corrected chi connectivity index (χ4v) is 6.28. The van der Waals surface area contributed by atoms with Gasteiger partial charge < -0.3 is 9.84 Å². The standard InChI is InChI=1S/C30H31ClFNO2S/c1-20-17-22(5-10-28(20)31)26-12-16-36-29-18-23(34)6-9-27(29)30(26)21-3-7-24(8-4-21)35-25-11-15-33(19-25)14-2-13-32/h3-10,17-18,25,34H,2,11-16,19H2,1H3/t25-/m0/s1. The number of likely N-dealkylation sites (tertiary alicyclic amines) is 1. The highest BCUT2D eigenvalue weighted by Gasteiger charge is 2.24. The van der Waals surface area contributed by atoms with Gasteiger partial charge in [0.1, 0.15) is 17.6 Å². The number of hydrogen-bond acceptors (Lipinski definition) is 4. The van der Waals surface area contributed by atoms with E-state index in [-0.39, 0.29) is 18.5 Å². The number of phenolic OH excluding ortho intramolecular Hbond substituents is 1. The van der Waals surface area contributed by atoms with Gasteiger partial charge in [-0.25, -0.2) is 0 Å². The van der Waals surface area contributed by atoms with Gasteiger partial charge in [0, 0.05) is 35.3 Å². The zero-order chi connectivity index (χ0) is 25.1. The van der Waals surface area contributed by atoms with Crippen LogP contribution in [0.25, 0.3) is 11.1 Å². The molecule has 1 fully saturated rings. The van der Waals surface area contributed by atoms with Crippen LogP contribution in [-0.4, -0.2) is 48.2 Å². The maximum atomic E-state index is 12.5. The Kier molecular flexibility index (Phi) is 7.90. The van der Waals surface area contributed by atoms with E-state index in [2.05, 4.69) is 41.3 Å². The molecule has 0 aliphatic carbocycles. The molecule has 1 atom stereocenters. The molecule has 3 aromatic carbocycles. The molecule has 0 spiro atoms. The van der Waals surface area contributed by atoms with E-state index in [4.69, 9.17) is 16.3 Å². The van der Waals surface area contributed by atoms with Crippen LogP contribution in [0.4, 0.5) is 4.39 Å². The summed E-state index contributed by atoms with van der Waals surface area (Å²) < 4.78 is 18.8. The smallest absolute Gasteiger partial charge is 0.119 e. The number of allylic oxidation sites excluding steroid dienone is 1. The van der Waals surface area contributed by atoms with Crippen molar-refractivity contribution in [1.82, 2.24) is 4.90 Å². The topological polar surface area (TPSA) is 32.7 Å². The Labute approximate surface area is 221 Å². The lowest BCUT2D eigenvalue weighted by Crippen LogP contribution is -2.26. The van der Waals surface area contributed by atoms with Gasteiger partial charge in [0.15, 0.2) is 0 Å². The predicted octanol–water partition coefficient (Wildman–Crippen LogP) is 7.62. The second-order valence-corrected chi connectivity index (χ2v) is 11.0. The summed E-state index contributed by atoms with van der Waals surface area (Å²) in [5.41, 5.74) is 6.94. The van der Waals surface area contributed by atoms with Crippen molar-refractivity contribution in [3.8, 4) is 11.5 Å². The number of ether oxygens (including phenoxy) is 1. The molecule has 0 aromatic heterocycles. The first-order valence-corrected chi connectivity index (χ1v) is 13.9. The molecule has 0 saturated carbocycles. The second kappa shape index (κ2) is 11.3. The fraction of sp³-hybridized carbons (Fsp3) is 0.333. The Hall–Kier alpha value is -2.47. The summed E-state index contributed by atoms with van der Waals surface area (Å²) in [6.07, 6.45) is 2.60. The van der Waals surface area contributed by atoms with Gasteiger partial charge in [-0.05, 0) is 96.0 Å². The van der Waals surface area contributed by atoms with Crippen molar-refractivity contribution in [2.75, 3.05) is 32.1 Å². The number of fused-ring (bicyclic) bond motifs is 1. The molecule has 2 aliphatic rings. The van der Waals surface area contributed by atoms with Crippen molar-refractivity contribution in [3.05, 3.63) is 87.9 Å². The predicted molar refractivity (Wildman–Crippen MR) is 148 cm³/mol. The molecule has 0 bridgehead atoms. The first-order valence-electron chi connectivity index (χ1n) is 12.5. The average Bonchev–Trinajstić information content (AvgIpc) is 3.23. The lowest BCUT2D eigenvalue weighted by atomic mass is 9.87. The highest BCUT2D eigenvalue weighted by Crippen LogP contribution is 2.44. The van der Waals surface area contributed by atoms with Gasteiger partial charge in [-0.3, -0.25) is 9.29 Å². The summed E-state index contributed by atoms with van der Waals surface area (Å²) >= 11 is 8.12. The van der Waals surface area contributed by atoms with Crippen LogP contribution in [0.5, 0.6) is 11.5 Å². The van der Waals surface area contributed by atoms with Crippen molar-refractivity contribution in [3.63, 3.8) is 0 Å². The third kappa shape index (κ3) is 5.59. The number of benzene rings is 3. The van der Waals surface area contributed by atoms with Crippen LogP contribution >= 0.6 is 23.4 Å². The van der Waals surface area contributed by atoms with Crippen LogP contribution in [0.2, 0.25) is 5.02 Å². The molecular formula is C30H31ClFNO2S. The quantitative estimate of drug-likeness (QED) is 0.345. The Bertz CT molecular complexity index is 1260. The van der Waals surface area contributed by atoms with E-state index in [1.807, 2.05) is 25.1 Å². The van der Waals surface area contributed by atoms with E-state index in [9.17, 15) is 9.50 Å². The molecule has 6 heteroatoms. The Morgan fingerprint density at radius 1 is 1.08 bits per heavy atom. The minimum absolute atomic E-state index is 0.139.